The zero-order valence-corrected chi connectivity index (χ0v) is 11.6. The molecule has 0 saturated carbocycles. The van der Waals surface area contributed by atoms with Crippen LogP contribution in [0.1, 0.15) is 18.2 Å². The molecule has 1 aliphatic heterocycles. The molecule has 0 fully saturated rings. The molecule has 0 spiro atoms. The second-order valence-electron chi connectivity index (χ2n) is 4.87. The molecule has 1 aliphatic rings. The average molecular weight is 268 g/mol. The first-order valence-corrected chi connectivity index (χ1v) is 6.55. The Labute approximate surface area is 118 Å². The van der Waals surface area contributed by atoms with Crippen molar-refractivity contribution >= 4 is 5.57 Å². The summed E-state index contributed by atoms with van der Waals surface area (Å²) in [6.07, 6.45) is 0. The number of hydrogen-bond donors (Lipinski definition) is 0. The van der Waals surface area contributed by atoms with E-state index in [1.54, 1.807) is 0 Å². The van der Waals surface area contributed by atoms with E-state index in [0.29, 0.717) is 25.0 Å². The van der Waals surface area contributed by atoms with Crippen LogP contribution in [-0.2, 0) is 0 Å². The van der Waals surface area contributed by atoms with Gasteiger partial charge in [0.05, 0.1) is 5.69 Å². The van der Waals surface area contributed by atoms with E-state index in [-0.39, 0.29) is 0 Å². The van der Waals surface area contributed by atoms with Crippen LogP contribution in [0.25, 0.3) is 16.8 Å². The summed E-state index contributed by atoms with van der Waals surface area (Å²) < 4.78 is 11.0. The lowest BCUT2D eigenvalue weighted by molar-refractivity contribution is 0.157. The number of benzene rings is 1. The standard InChI is InChI=1S/C16H16N2O2/c1-10(2)13-14(12-6-4-11(3)5-7-12)18-16-15(17-13)19-8-9-20-16/h4-7H,1,8-9H2,2-3H3. The van der Waals surface area contributed by atoms with Gasteiger partial charge in [0.1, 0.15) is 18.9 Å². The van der Waals surface area contributed by atoms with E-state index in [2.05, 4.69) is 35.6 Å². The highest BCUT2D eigenvalue weighted by Gasteiger charge is 2.20. The van der Waals surface area contributed by atoms with Gasteiger partial charge in [0.25, 0.3) is 11.8 Å². The molecular formula is C16H16N2O2. The quantitative estimate of drug-likeness (QED) is 0.838. The molecule has 3 rings (SSSR count). The van der Waals surface area contributed by atoms with E-state index in [4.69, 9.17) is 9.47 Å². The Bertz CT molecular complexity index is 663. The van der Waals surface area contributed by atoms with Crippen LogP contribution in [0.4, 0.5) is 0 Å². The fourth-order valence-corrected chi connectivity index (χ4v) is 2.08. The van der Waals surface area contributed by atoms with E-state index >= 15 is 0 Å². The molecule has 0 aliphatic carbocycles. The molecule has 0 amide bonds. The fourth-order valence-electron chi connectivity index (χ4n) is 2.08. The molecule has 1 aromatic carbocycles. The third kappa shape index (κ3) is 2.25. The normalized spacial score (nSPS) is 13.1. The molecule has 0 unspecified atom stereocenters. The van der Waals surface area contributed by atoms with Crippen molar-refractivity contribution in [2.24, 2.45) is 0 Å². The smallest absolute Gasteiger partial charge is 0.278 e. The number of fused-ring (bicyclic) bond motifs is 1. The Morgan fingerprint density at radius 2 is 1.65 bits per heavy atom. The summed E-state index contributed by atoms with van der Waals surface area (Å²) in [4.78, 5) is 9.07. The molecular weight excluding hydrogens is 252 g/mol. The monoisotopic (exact) mass is 268 g/mol. The lowest BCUT2D eigenvalue weighted by Gasteiger charge is -2.19. The second kappa shape index (κ2) is 4.96. The molecule has 2 aromatic rings. The third-order valence-corrected chi connectivity index (χ3v) is 3.12. The Hall–Kier alpha value is -2.36. The van der Waals surface area contributed by atoms with Crippen LogP contribution in [0.2, 0.25) is 0 Å². The summed E-state index contributed by atoms with van der Waals surface area (Å²) in [7, 11) is 0. The van der Waals surface area contributed by atoms with Crippen molar-refractivity contribution < 1.29 is 9.47 Å². The molecule has 20 heavy (non-hydrogen) atoms. The molecule has 0 saturated heterocycles. The second-order valence-corrected chi connectivity index (χ2v) is 4.87. The van der Waals surface area contributed by atoms with Gasteiger partial charge in [-0.15, -0.1) is 0 Å². The molecule has 4 nitrogen and oxygen atoms in total. The number of rotatable bonds is 2. The summed E-state index contributed by atoms with van der Waals surface area (Å²) in [5.74, 6) is 0.905. The largest absolute Gasteiger partial charge is 0.470 e. The number of nitrogens with zero attached hydrogens (tertiary/aromatic N) is 2. The molecule has 0 bridgehead atoms. The van der Waals surface area contributed by atoms with Crippen molar-refractivity contribution in [2.45, 2.75) is 13.8 Å². The molecule has 1 aromatic heterocycles. The fraction of sp³-hybridized carbons (Fsp3) is 0.250. The predicted octanol–water partition coefficient (Wildman–Crippen LogP) is 3.26. The minimum atomic E-state index is 0.449. The highest BCUT2D eigenvalue weighted by molar-refractivity contribution is 5.75. The Balaban J connectivity index is 2.17. The predicted molar refractivity (Wildman–Crippen MR) is 77.9 cm³/mol. The van der Waals surface area contributed by atoms with Crippen molar-refractivity contribution in [3.05, 3.63) is 42.1 Å². The SMILES string of the molecule is C=C(C)c1nc2c(nc1-c1ccc(C)cc1)OCCO2. The van der Waals surface area contributed by atoms with Crippen molar-refractivity contribution in [1.29, 1.82) is 0 Å². The van der Waals surface area contributed by atoms with E-state index in [1.807, 2.05) is 19.1 Å². The van der Waals surface area contributed by atoms with Gasteiger partial charge in [0, 0.05) is 5.56 Å². The van der Waals surface area contributed by atoms with Gasteiger partial charge in [-0.05, 0) is 19.4 Å². The lowest BCUT2D eigenvalue weighted by atomic mass is 10.0. The van der Waals surface area contributed by atoms with E-state index in [0.717, 1.165) is 22.5 Å². The van der Waals surface area contributed by atoms with Gasteiger partial charge >= 0.3 is 0 Å². The number of allylic oxidation sites excluding steroid dienone is 1. The molecule has 102 valence electrons. The zero-order chi connectivity index (χ0) is 14.1. The number of hydrogen-bond acceptors (Lipinski definition) is 4. The number of aryl methyl sites for hydroxylation is 1. The van der Waals surface area contributed by atoms with Crippen molar-refractivity contribution in [3.8, 4) is 23.0 Å². The van der Waals surface area contributed by atoms with Crippen LogP contribution < -0.4 is 9.47 Å². The summed E-state index contributed by atoms with van der Waals surface area (Å²) >= 11 is 0. The van der Waals surface area contributed by atoms with Gasteiger partial charge in [-0.2, -0.15) is 0 Å². The van der Waals surface area contributed by atoms with Crippen molar-refractivity contribution in [1.82, 2.24) is 9.97 Å². The Morgan fingerprint density at radius 1 is 1.05 bits per heavy atom. The number of ether oxygens (including phenoxy) is 2. The maximum Gasteiger partial charge on any atom is 0.278 e. The maximum absolute atomic E-state index is 5.52. The maximum atomic E-state index is 5.52. The summed E-state index contributed by atoms with van der Waals surface area (Å²) in [5.41, 5.74) is 4.58. The van der Waals surface area contributed by atoms with Crippen LogP contribution in [0.5, 0.6) is 11.8 Å². The first-order valence-electron chi connectivity index (χ1n) is 6.55. The molecule has 0 N–H and O–H groups in total. The molecule has 2 heterocycles. The van der Waals surface area contributed by atoms with Gasteiger partial charge in [-0.25, -0.2) is 9.97 Å². The minimum absolute atomic E-state index is 0.449. The van der Waals surface area contributed by atoms with Gasteiger partial charge < -0.3 is 9.47 Å². The highest BCUT2D eigenvalue weighted by Crippen LogP contribution is 2.33. The molecule has 4 heteroatoms. The minimum Gasteiger partial charge on any atom is -0.470 e. The molecule has 0 radical (unpaired) electrons. The topological polar surface area (TPSA) is 44.2 Å². The van der Waals surface area contributed by atoms with Crippen LogP contribution in [0.3, 0.4) is 0 Å². The third-order valence-electron chi connectivity index (χ3n) is 3.12. The Kier molecular flexibility index (Phi) is 3.14. The highest BCUT2D eigenvalue weighted by atomic mass is 16.6. The first kappa shape index (κ1) is 12.7. The summed E-state index contributed by atoms with van der Waals surface area (Å²) in [6, 6.07) is 8.16. The van der Waals surface area contributed by atoms with Gasteiger partial charge in [-0.3, -0.25) is 0 Å². The number of aromatic nitrogens is 2. The van der Waals surface area contributed by atoms with E-state index in [9.17, 15) is 0 Å². The van der Waals surface area contributed by atoms with Crippen LogP contribution in [-0.4, -0.2) is 23.2 Å². The van der Waals surface area contributed by atoms with Gasteiger partial charge in [0.15, 0.2) is 0 Å². The van der Waals surface area contributed by atoms with Crippen LogP contribution in [0, 0.1) is 6.92 Å². The van der Waals surface area contributed by atoms with Crippen molar-refractivity contribution in [3.63, 3.8) is 0 Å². The van der Waals surface area contributed by atoms with Gasteiger partial charge in [0.2, 0.25) is 0 Å². The Morgan fingerprint density at radius 3 is 2.25 bits per heavy atom. The van der Waals surface area contributed by atoms with E-state index in [1.165, 1.54) is 5.56 Å². The van der Waals surface area contributed by atoms with Gasteiger partial charge in [-0.1, -0.05) is 36.4 Å². The first-order chi connectivity index (χ1) is 9.65. The van der Waals surface area contributed by atoms with E-state index < -0.39 is 0 Å². The average Bonchev–Trinajstić information content (AvgIpc) is 2.46. The van der Waals surface area contributed by atoms with Crippen molar-refractivity contribution in [2.75, 3.05) is 13.2 Å². The lowest BCUT2D eigenvalue weighted by Crippen LogP contribution is -2.18. The molecule has 0 atom stereocenters. The zero-order valence-electron chi connectivity index (χ0n) is 11.6. The summed E-state index contributed by atoms with van der Waals surface area (Å²) in [6.45, 7) is 8.95. The van der Waals surface area contributed by atoms with Crippen LogP contribution >= 0.6 is 0 Å². The summed E-state index contributed by atoms with van der Waals surface area (Å²) in [5, 5.41) is 0. The van der Waals surface area contributed by atoms with Crippen LogP contribution in [0.15, 0.2) is 30.8 Å².